The molecule has 1 amide bonds. The molecular weight excluding hydrogens is 322 g/mol. The average molecular weight is 351 g/mol. The Morgan fingerprint density at radius 1 is 1.15 bits per heavy atom. The van der Waals surface area contributed by atoms with Crippen LogP contribution in [-0.2, 0) is 4.79 Å². The molecule has 1 aliphatic heterocycles. The molecule has 0 radical (unpaired) electrons. The van der Waals surface area contributed by atoms with E-state index < -0.39 is 0 Å². The zero-order valence-electron chi connectivity index (χ0n) is 15.8. The highest BCUT2D eigenvalue weighted by atomic mass is 16.2. The van der Waals surface area contributed by atoms with E-state index in [1.54, 1.807) is 6.20 Å². The van der Waals surface area contributed by atoms with Gasteiger partial charge in [0.15, 0.2) is 0 Å². The summed E-state index contributed by atoms with van der Waals surface area (Å²) in [5, 5.41) is 0. The lowest BCUT2D eigenvalue weighted by atomic mass is 9.89. The zero-order valence-corrected chi connectivity index (χ0v) is 15.8. The van der Waals surface area contributed by atoms with Gasteiger partial charge in [-0.25, -0.2) is 4.98 Å². The summed E-state index contributed by atoms with van der Waals surface area (Å²) in [5.41, 5.74) is 1.46. The number of pyridine rings is 1. The van der Waals surface area contributed by atoms with E-state index in [0.29, 0.717) is 12.3 Å². The highest BCUT2D eigenvalue weighted by molar-refractivity contribution is 5.92. The maximum Gasteiger partial charge on any atom is 0.228 e. The van der Waals surface area contributed by atoms with Crippen LogP contribution in [0.25, 0.3) is 0 Å². The van der Waals surface area contributed by atoms with Crippen molar-refractivity contribution in [1.29, 1.82) is 0 Å². The standard InChI is InChI=1S/C22H29N3O/c1-3-22(26)25(21-11-7-8-14-23-21)18(2)17-24-15-12-20(13-16-24)19-9-5-4-6-10-19/h4-11,14,18,20H,3,12-13,15-17H2,1-2H3. The second-order valence-electron chi connectivity index (χ2n) is 7.14. The molecule has 1 aliphatic rings. The van der Waals surface area contributed by atoms with Gasteiger partial charge < -0.3 is 4.90 Å². The van der Waals surface area contributed by atoms with E-state index in [2.05, 4.69) is 47.1 Å². The third-order valence-corrected chi connectivity index (χ3v) is 5.29. The summed E-state index contributed by atoms with van der Waals surface area (Å²) in [6.45, 7) is 7.10. The van der Waals surface area contributed by atoms with Crippen molar-refractivity contribution in [2.45, 2.75) is 45.1 Å². The summed E-state index contributed by atoms with van der Waals surface area (Å²) in [5.74, 6) is 1.55. The van der Waals surface area contributed by atoms with Gasteiger partial charge in [-0.05, 0) is 56.5 Å². The Kier molecular flexibility index (Phi) is 6.40. The van der Waals surface area contributed by atoms with Crippen LogP contribution in [0.3, 0.4) is 0 Å². The van der Waals surface area contributed by atoms with Gasteiger partial charge in [-0.15, -0.1) is 0 Å². The Hall–Kier alpha value is -2.20. The molecule has 0 bridgehead atoms. The van der Waals surface area contributed by atoms with Crippen molar-refractivity contribution in [2.75, 3.05) is 24.5 Å². The lowest BCUT2D eigenvalue weighted by Crippen LogP contribution is -2.47. The Morgan fingerprint density at radius 3 is 2.46 bits per heavy atom. The quantitative estimate of drug-likeness (QED) is 0.786. The van der Waals surface area contributed by atoms with Crippen LogP contribution in [0.1, 0.15) is 44.6 Å². The smallest absolute Gasteiger partial charge is 0.228 e. The fourth-order valence-electron chi connectivity index (χ4n) is 3.90. The minimum Gasteiger partial charge on any atom is -0.301 e. The zero-order chi connectivity index (χ0) is 18.4. The van der Waals surface area contributed by atoms with Crippen molar-refractivity contribution in [2.24, 2.45) is 0 Å². The lowest BCUT2D eigenvalue weighted by molar-refractivity contribution is -0.118. The van der Waals surface area contributed by atoms with Gasteiger partial charge in [-0.2, -0.15) is 0 Å². The van der Waals surface area contributed by atoms with E-state index in [0.717, 1.165) is 25.5 Å². The van der Waals surface area contributed by atoms with E-state index >= 15 is 0 Å². The van der Waals surface area contributed by atoms with E-state index in [1.807, 2.05) is 30.0 Å². The molecule has 4 heteroatoms. The molecule has 1 atom stereocenters. The van der Waals surface area contributed by atoms with Gasteiger partial charge in [0.2, 0.25) is 5.91 Å². The van der Waals surface area contributed by atoms with E-state index in [1.165, 1.54) is 18.4 Å². The number of hydrogen-bond acceptors (Lipinski definition) is 3. The number of rotatable bonds is 6. The summed E-state index contributed by atoms with van der Waals surface area (Å²) >= 11 is 0. The molecule has 1 unspecified atom stereocenters. The third-order valence-electron chi connectivity index (χ3n) is 5.29. The molecule has 1 aromatic heterocycles. The van der Waals surface area contributed by atoms with Gasteiger partial charge in [0, 0.05) is 25.2 Å². The Balaban J connectivity index is 1.60. The van der Waals surface area contributed by atoms with Crippen LogP contribution in [0.2, 0.25) is 0 Å². The third kappa shape index (κ3) is 4.50. The first kappa shape index (κ1) is 18.6. The van der Waals surface area contributed by atoms with Crippen LogP contribution in [-0.4, -0.2) is 41.5 Å². The number of anilines is 1. The molecule has 26 heavy (non-hydrogen) atoms. The predicted octanol–water partition coefficient (Wildman–Crippen LogP) is 4.09. The second-order valence-corrected chi connectivity index (χ2v) is 7.14. The van der Waals surface area contributed by atoms with Crippen molar-refractivity contribution in [3.63, 3.8) is 0 Å². The molecule has 3 rings (SSSR count). The van der Waals surface area contributed by atoms with Crippen molar-refractivity contribution in [3.05, 3.63) is 60.3 Å². The van der Waals surface area contributed by atoms with Crippen LogP contribution in [0, 0.1) is 0 Å². The fourth-order valence-corrected chi connectivity index (χ4v) is 3.90. The molecule has 0 saturated carbocycles. The Labute approximate surface area is 156 Å². The first-order valence-corrected chi connectivity index (χ1v) is 9.69. The lowest BCUT2D eigenvalue weighted by Gasteiger charge is -2.36. The summed E-state index contributed by atoms with van der Waals surface area (Å²) in [6, 6.07) is 16.7. The van der Waals surface area contributed by atoms with Crippen molar-refractivity contribution < 1.29 is 4.79 Å². The largest absolute Gasteiger partial charge is 0.301 e. The number of carbonyl (C=O) groups is 1. The Morgan fingerprint density at radius 2 is 1.85 bits per heavy atom. The molecule has 4 nitrogen and oxygen atoms in total. The number of benzene rings is 1. The Bertz CT molecular complexity index is 681. The van der Waals surface area contributed by atoms with Crippen molar-refractivity contribution >= 4 is 11.7 Å². The minimum atomic E-state index is 0.116. The van der Waals surface area contributed by atoms with Gasteiger partial charge >= 0.3 is 0 Å². The van der Waals surface area contributed by atoms with Gasteiger partial charge in [0.05, 0.1) is 0 Å². The molecule has 0 N–H and O–H groups in total. The highest BCUT2D eigenvalue weighted by Gasteiger charge is 2.26. The number of aromatic nitrogens is 1. The van der Waals surface area contributed by atoms with Gasteiger partial charge in [-0.1, -0.05) is 43.3 Å². The number of hydrogen-bond donors (Lipinski definition) is 0. The predicted molar refractivity (Wildman–Crippen MR) is 106 cm³/mol. The average Bonchev–Trinajstić information content (AvgIpc) is 2.70. The van der Waals surface area contributed by atoms with Gasteiger partial charge in [0.25, 0.3) is 0 Å². The monoisotopic (exact) mass is 351 g/mol. The maximum atomic E-state index is 12.5. The fraction of sp³-hybridized carbons (Fsp3) is 0.455. The molecule has 0 aliphatic carbocycles. The van der Waals surface area contributed by atoms with E-state index in [4.69, 9.17) is 0 Å². The second kappa shape index (κ2) is 8.95. The van der Waals surface area contributed by atoms with Crippen LogP contribution in [0.4, 0.5) is 5.82 Å². The van der Waals surface area contributed by atoms with E-state index in [9.17, 15) is 4.79 Å². The number of nitrogens with zero attached hydrogens (tertiary/aromatic N) is 3. The summed E-state index contributed by atoms with van der Waals surface area (Å²) in [6.07, 6.45) is 4.62. The number of piperidine rings is 1. The van der Waals surface area contributed by atoms with Crippen LogP contribution in [0.5, 0.6) is 0 Å². The first-order chi connectivity index (χ1) is 12.7. The van der Waals surface area contributed by atoms with E-state index in [-0.39, 0.29) is 11.9 Å². The van der Waals surface area contributed by atoms with Crippen LogP contribution < -0.4 is 4.90 Å². The molecule has 1 fully saturated rings. The normalized spacial score (nSPS) is 17.0. The number of likely N-dealkylation sites (tertiary alicyclic amines) is 1. The summed E-state index contributed by atoms with van der Waals surface area (Å²) in [7, 11) is 0. The number of carbonyl (C=O) groups excluding carboxylic acids is 1. The van der Waals surface area contributed by atoms with Crippen LogP contribution >= 0.6 is 0 Å². The molecule has 138 valence electrons. The molecule has 1 aromatic carbocycles. The first-order valence-electron chi connectivity index (χ1n) is 9.69. The van der Waals surface area contributed by atoms with Crippen LogP contribution in [0.15, 0.2) is 54.7 Å². The molecule has 2 heterocycles. The van der Waals surface area contributed by atoms with Gasteiger partial charge in [0.1, 0.15) is 5.82 Å². The van der Waals surface area contributed by atoms with Crippen molar-refractivity contribution in [1.82, 2.24) is 9.88 Å². The summed E-state index contributed by atoms with van der Waals surface area (Å²) in [4.78, 5) is 21.3. The maximum absolute atomic E-state index is 12.5. The SMILES string of the molecule is CCC(=O)N(c1ccccn1)C(C)CN1CCC(c2ccccc2)CC1. The van der Waals surface area contributed by atoms with Crippen molar-refractivity contribution in [3.8, 4) is 0 Å². The minimum absolute atomic E-state index is 0.116. The molecule has 2 aromatic rings. The molecule has 0 spiro atoms. The highest BCUT2D eigenvalue weighted by Crippen LogP contribution is 2.28. The molecular formula is C22H29N3O. The summed E-state index contributed by atoms with van der Waals surface area (Å²) < 4.78 is 0. The number of amides is 1. The van der Waals surface area contributed by atoms with Gasteiger partial charge in [-0.3, -0.25) is 9.69 Å². The topological polar surface area (TPSA) is 36.4 Å². The molecule has 1 saturated heterocycles.